The molecule has 4 rings (SSSR count). The third-order valence-corrected chi connectivity index (χ3v) is 5.94. The van der Waals surface area contributed by atoms with Crippen LogP contribution < -0.4 is 11.1 Å². The third kappa shape index (κ3) is 3.69. The number of nitro groups is 1. The summed E-state index contributed by atoms with van der Waals surface area (Å²) in [7, 11) is 0. The molecule has 0 fully saturated rings. The molecule has 0 bridgehead atoms. The molecule has 0 saturated carbocycles. The Kier molecular flexibility index (Phi) is 5.08. The van der Waals surface area contributed by atoms with Crippen LogP contribution in [0.3, 0.4) is 0 Å². The van der Waals surface area contributed by atoms with Crippen LogP contribution in [0, 0.1) is 24.0 Å². The summed E-state index contributed by atoms with van der Waals surface area (Å²) in [6, 6.07) is 8.05. The number of non-ortho nitro benzene ring substituents is 1. The Bertz CT molecular complexity index is 1310. The van der Waals surface area contributed by atoms with E-state index in [0.717, 1.165) is 21.3 Å². The molecule has 9 nitrogen and oxygen atoms in total. The number of carbonyl (C=O) groups excluding carboxylic acids is 1. The molecule has 0 spiro atoms. The van der Waals surface area contributed by atoms with Gasteiger partial charge in [-0.25, -0.2) is 9.78 Å². The first-order valence-electron chi connectivity index (χ1n) is 9.28. The highest BCUT2D eigenvalue weighted by Gasteiger charge is 2.15. The van der Waals surface area contributed by atoms with Gasteiger partial charge >= 0.3 is 5.76 Å². The number of oxazole rings is 1. The summed E-state index contributed by atoms with van der Waals surface area (Å²) in [6.07, 6.45) is 0.598. The van der Waals surface area contributed by atoms with Crippen molar-refractivity contribution in [3.63, 3.8) is 0 Å². The number of nitrogens with one attached hydrogen (secondary N) is 1. The van der Waals surface area contributed by atoms with Crippen LogP contribution in [0.1, 0.15) is 24.0 Å². The van der Waals surface area contributed by atoms with E-state index in [9.17, 15) is 19.7 Å². The largest absolute Gasteiger partial charge is 0.419 e. The number of nitrogens with zero attached hydrogens (tertiary/aromatic N) is 3. The zero-order valence-corrected chi connectivity index (χ0v) is 17.1. The molecule has 30 heavy (non-hydrogen) atoms. The minimum atomic E-state index is -0.608. The number of carbonyl (C=O) groups is 1. The second-order valence-corrected chi connectivity index (χ2v) is 7.98. The lowest BCUT2D eigenvalue weighted by molar-refractivity contribution is -0.384. The SMILES string of the molecule is Cc1ccc(C)c2sc(NC(=O)CCCn3c(=O)oc4cc([N+](=O)[O-])ccc43)nc12. The maximum Gasteiger partial charge on any atom is 0.419 e. The first kappa shape index (κ1) is 19.8. The summed E-state index contributed by atoms with van der Waals surface area (Å²) in [4.78, 5) is 39.2. The fraction of sp³-hybridized carbons (Fsp3) is 0.250. The monoisotopic (exact) mass is 426 g/mol. The predicted octanol–water partition coefficient (Wildman–Crippen LogP) is 4.15. The van der Waals surface area contributed by atoms with Gasteiger partial charge in [0.15, 0.2) is 10.7 Å². The molecule has 2 heterocycles. The summed E-state index contributed by atoms with van der Waals surface area (Å²) in [5, 5.41) is 14.2. The number of aromatic nitrogens is 2. The Morgan fingerprint density at radius 3 is 2.77 bits per heavy atom. The second kappa shape index (κ2) is 7.71. The van der Waals surface area contributed by atoms with Crippen molar-refractivity contribution in [2.75, 3.05) is 5.32 Å². The number of hydrogen-bond acceptors (Lipinski definition) is 7. The highest BCUT2D eigenvalue weighted by molar-refractivity contribution is 7.22. The molecule has 2 aromatic carbocycles. The molecule has 10 heteroatoms. The number of rotatable bonds is 6. The van der Waals surface area contributed by atoms with E-state index in [4.69, 9.17) is 4.42 Å². The Labute approximate surface area is 174 Å². The number of hydrogen-bond donors (Lipinski definition) is 1. The lowest BCUT2D eigenvalue weighted by atomic mass is 10.1. The van der Waals surface area contributed by atoms with Gasteiger partial charge in [0, 0.05) is 19.0 Å². The molecule has 0 aliphatic rings. The van der Waals surface area contributed by atoms with Crippen molar-refractivity contribution in [1.82, 2.24) is 9.55 Å². The summed E-state index contributed by atoms with van der Waals surface area (Å²) in [5.74, 6) is -0.802. The van der Waals surface area contributed by atoms with Crippen LogP contribution in [-0.4, -0.2) is 20.4 Å². The summed E-state index contributed by atoms with van der Waals surface area (Å²) in [6.45, 7) is 4.25. The molecule has 0 aliphatic carbocycles. The van der Waals surface area contributed by atoms with Crippen molar-refractivity contribution in [3.8, 4) is 0 Å². The van der Waals surface area contributed by atoms with Crippen LogP contribution in [0.15, 0.2) is 39.5 Å². The van der Waals surface area contributed by atoms with Crippen molar-refractivity contribution in [2.24, 2.45) is 0 Å². The van der Waals surface area contributed by atoms with Crippen molar-refractivity contribution in [2.45, 2.75) is 33.2 Å². The molecule has 2 aromatic heterocycles. The zero-order chi connectivity index (χ0) is 21.4. The molecular formula is C20H18N4O5S. The summed E-state index contributed by atoms with van der Waals surface area (Å²) < 4.78 is 7.52. The van der Waals surface area contributed by atoms with Gasteiger partial charge in [0.05, 0.1) is 26.7 Å². The molecule has 0 radical (unpaired) electrons. The molecule has 0 saturated heterocycles. The van der Waals surface area contributed by atoms with Crippen LogP contribution in [0.25, 0.3) is 21.3 Å². The van der Waals surface area contributed by atoms with Gasteiger partial charge in [-0.1, -0.05) is 23.5 Å². The van der Waals surface area contributed by atoms with Crippen molar-refractivity contribution in [1.29, 1.82) is 0 Å². The quantitative estimate of drug-likeness (QED) is 0.365. The van der Waals surface area contributed by atoms with E-state index in [1.165, 1.54) is 34.1 Å². The number of benzene rings is 2. The lowest BCUT2D eigenvalue weighted by Gasteiger charge is -2.03. The van der Waals surface area contributed by atoms with Gasteiger partial charge in [-0.2, -0.15) is 0 Å². The van der Waals surface area contributed by atoms with Gasteiger partial charge < -0.3 is 9.73 Å². The standard InChI is InChI=1S/C20H18N4O5S/c1-11-5-6-12(2)18-17(11)22-19(30-18)21-16(25)4-3-9-23-14-8-7-13(24(27)28)10-15(14)29-20(23)26/h5-8,10H,3-4,9H2,1-2H3,(H,21,22,25). The Balaban J connectivity index is 1.42. The minimum Gasteiger partial charge on any atom is -0.407 e. The van der Waals surface area contributed by atoms with Gasteiger partial charge in [0.25, 0.3) is 5.69 Å². The molecule has 154 valence electrons. The van der Waals surface area contributed by atoms with Crippen molar-refractivity contribution >= 4 is 49.4 Å². The van der Waals surface area contributed by atoms with Crippen molar-refractivity contribution in [3.05, 3.63) is 62.1 Å². The third-order valence-electron chi connectivity index (χ3n) is 4.84. The highest BCUT2D eigenvalue weighted by atomic mass is 32.1. The molecule has 0 unspecified atom stereocenters. The van der Waals surface area contributed by atoms with E-state index in [1.54, 1.807) is 0 Å². The number of amides is 1. The van der Waals surface area contributed by atoms with E-state index in [0.29, 0.717) is 17.1 Å². The maximum absolute atomic E-state index is 12.3. The number of aryl methyl sites for hydroxylation is 3. The molecule has 0 aliphatic heterocycles. The molecule has 1 N–H and O–H groups in total. The average molecular weight is 426 g/mol. The summed E-state index contributed by atoms with van der Waals surface area (Å²) in [5.41, 5.74) is 3.52. The first-order chi connectivity index (χ1) is 14.3. The first-order valence-corrected chi connectivity index (χ1v) is 10.1. The van der Waals surface area contributed by atoms with Crippen LogP contribution in [-0.2, 0) is 11.3 Å². The van der Waals surface area contributed by atoms with Crippen molar-refractivity contribution < 1.29 is 14.1 Å². The number of anilines is 1. The summed E-state index contributed by atoms with van der Waals surface area (Å²) >= 11 is 1.44. The smallest absolute Gasteiger partial charge is 0.407 e. The van der Waals surface area contributed by atoms with Crippen LogP contribution in [0.4, 0.5) is 10.8 Å². The topological polar surface area (TPSA) is 120 Å². The van der Waals surface area contributed by atoms with Crippen LogP contribution in [0.5, 0.6) is 0 Å². The average Bonchev–Trinajstić information content (AvgIpc) is 3.26. The Morgan fingerprint density at radius 2 is 2.03 bits per heavy atom. The van der Waals surface area contributed by atoms with Crippen LogP contribution in [0.2, 0.25) is 0 Å². The number of thiazole rings is 1. The lowest BCUT2D eigenvalue weighted by Crippen LogP contribution is -2.17. The highest BCUT2D eigenvalue weighted by Crippen LogP contribution is 2.31. The van der Waals surface area contributed by atoms with Crippen LogP contribution >= 0.6 is 11.3 Å². The van der Waals surface area contributed by atoms with Gasteiger partial charge in [-0.3, -0.25) is 19.5 Å². The molecule has 1 amide bonds. The maximum atomic E-state index is 12.3. The number of fused-ring (bicyclic) bond motifs is 2. The predicted molar refractivity (Wildman–Crippen MR) is 114 cm³/mol. The van der Waals surface area contributed by atoms with E-state index in [1.807, 2.05) is 26.0 Å². The molecular weight excluding hydrogens is 408 g/mol. The van der Waals surface area contributed by atoms with Gasteiger partial charge in [-0.15, -0.1) is 0 Å². The zero-order valence-electron chi connectivity index (χ0n) is 16.3. The molecule has 0 atom stereocenters. The van der Waals surface area contributed by atoms with E-state index >= 15 is 0 Å². The van der Waals surface area contributed by atoms with E-state index < -0.39 is 10.7 Å². The van der Waals surface area contributed by atoms with Gasteiger partial charge in [0.2, 0.25) is 5.91 Å². The fourth-order valence-electron chi connectivity index (χ4n) is 3.27. The van der Waals surface area contributed by atoms with E-state index in [2.05, 4.69) is 10.3 Å². The van der Waals surface area contributed by atoms with E-state index in [-0.39, 0.29) is 30.1 Å². The fourth-order valence-corrected chi connectivity index (χ4v) is 4.30. The number of nitro benzene ring substituents is 1. The second-order valence-electron chi connectivity index (χ2n) is 6.98. The normalized spacial score (nSPS) is 11.3. The Morgan fingerprint density at radius 1 is 1.27 bits per heavy atom. The molecule has 4 aromatic rings. The van der Waals surface area contributed by atoms with Gasteiger partial charge in [0.1, 0.15) is 0 Å². The Hall–Kier alpha value is -3.53. The minimum absolute atomic E-state index is 0.149. The van der Waals surface area contributed by atoms with Gasteiger partial charge in [-0.05, 0) is 37.5 Å².